The minimum absolute atomic E-state index is 0.0882. The molecular weight excluding hydrogens is 622 g/mol. The molecule has 0 spiro atoms. The van der Waals surface area contributed by atoms with Gasteiger partial charge in [-0.25, -0.2) is 9.79 Å². The lowest BCUT2D eigenvalue weighted by Gasteiger charge is -2.44. The van der Waals surface area contributed by atoms with Crippen molar-refractivity contribution >= 4 is 29.8 Å². The first kappa shape index (κ1) is 37.6. The second kappa shape index (κ2) is 14.7. The van der Waals surface area contributed by atoms with Gasteiger partial charge < -0.3 is 33.5 Å². The van der Waals surface area contributed by atoms with Crippen LogP contribution in [0.15, 0.2) is 27.8 Å². The smallest absolute Gasteiger partial charge is 0.334 e. The van der Waals surface area contributed by atoms with Crippen LogP contribution >= 0.6 is 0 Å². The molecule has 2 heterocycles. The number of hydrogen-bond acceptors (Lipinski definition) is 12. The van der Waals surface area contributed by atoms with E-state index in [2.05, 4.69) is 11.9 Å². The largest absolute Gasteiger partial charge is 0.467 e. The number of fused-ring (bicyclic) bond motifs is 5. The van der Waals surface area contributed by atoms with Crippen LogP contribution < -0.4 is 0 Å². The number of unbranched alkanes of at least 4 members (excludes halogenated alkanes) is 4. The van der Waals surface area contributed by atoms with Gasteiger partial charge in [-0.15, -0.1) is 0 Å². The molecule has 12 nitrogen and oxygen atoms in total. The van der Waals surface area contributed by atoms with E-state index in [1.807, 2.05) is 6.92 Å². The number of esters is 4. The lowest BCUT2D eigenvalue weighted by atomic mass is 9.74. The summed E-state index contributed by atoms with van der Waals surface area (Å²) in [5.41, 5.74) is -3.88. The van der Waals surface area contributed by atoms with Crippen LogP contribution in [-0.2, 0) is 47.6 Å². The summed E-state index contributed by atoms with van der Waals surface area (Å²) < 4.78 is 37.1. The van der Waals surface area contributed by atoms with Gasteiger partial charge >= 0.3 is 23.9 Å². The van der Waals surface area contributed by atoms with Crippen molar-refractivity contribution in [2.75, 3.05) is 0 Å². The van der Waals surface area contributed by atoms with E-state index in [-0.39, 0.29) is 25.2 Å². The van der Waals surface area contributed by atoms with Crippen LogP contribution in [-0.4, -0.2) is 82.3 Å². The first-order valence-corrected chi connectivity index (χ1v) is 17.3. The standard InChI is InChI=1S/C36H53NO11/c1-10-13-14-15-16-18-26(40)44-30-28-27(21(5)29(30)45-32(41)20(4)12-3)31-36(42,35(9)33(46-31)37-22(6)47-35)24(43-25(39)17-11-2)19-34(28,8)48-23(7)38/h12,24,28-31,33,42H,10-11,13-19H2,1-9H3/b20-12-/t24-,28+,29-,30-,31-,33+,34-,35+,36+/m0/s1. The summed E-state index contributed by atoms with van der Waals surface area (Å²) in [6.45, 7) is 15.2. The average molecular weight is 676 g/mol. The molecular formula is C36H53NO11. The van der Waals surface area contributed by atoms with Crippen LogP contribution in [0.2, 0.25) is 0 Å². The molecule has 0 amide bonds. The lowest BCUT2D eigenvalue weighted by Crippen LogP contribution is -2.65. The van der Waals surface area contributed by atoms with Crippen molar-refractivity contribution in [3.05, 3.63) is 22.8 Å². The van der Waals surface area contributed by atoms with Crippen molar-refractivity contribution in [2.24, 2.45) is 10.9 Å². The maximum Gasteiger partial charge on any atom is 0.334 e. The Bertz CT molecular complexity index is 1370. The summed E-state index contributed by atoms with van der Waals surface area (Å²) in [5.74, 6) is -2.99. The summed E-state index contributed by atoms with van der Waals surface area (Å²) in [4.78, 5) is 57.2. The maximum atomic E-state index is 13.5. The summed E-state index contributed by atoms with van der Waals surface area (Å²) in [7, 11) is 0. The Balaban J connectivity index is 1.89. The molecule has 0 aromatic rings. The van der Waals surface area contributed by atoms with Crippen LogP contribution in [0.1, 0.15) is 120 Å². The molecule has 48 heavy (non-hydrogen) atoms. The van der Waals surface area contributed by atoms with Crippen LogP contribution in [0.5, 0.6) is 0 Å². The fraction of sp³-hybridized carbons (Fsp3) is 0.750. The Morgan fingerprint density at radius 2 is 1.62 bits per heavy atom. The van der Waals surface area contributed by atoms with Crippen molar-refractivity contribution in [2.45, 2.75) is 168 Å². The van der Waals surface area contributed by atoms with E-state index in [0.29, 0.717) is 29.6 Å². The first-order valence-electron chi connectivity index (χ1n) is 17.3. The van der Waals surface area contributed by atoms with Gasteiger partial charge in [0, 0.05) is 38.7 Å². The summed E-state index contributed by atoms with van der Waals surface area (Å²) >= 11 is 0. The number of allylic oxidation sites excluding steroid dienone is 1. The van der Waals surface area contributed by atoms with E-state index >= 15 is 0 Å². The highest BCUT2D eigenvalue weighted by molar-refractivity contribution is 5.88. The molecule has 2 aliphatic heterocycles. The van der Waals surface area contributed by atoms with Crippen molar-refractivity contribution < 1.29 is 52.7 Å². The molecule has 0 unspecified atom stereocenters. The van der Waals surface area contributed by atoms with Crippen LogP contribution in [0, 0.1) is 5.92 Å². The van der Waals surface area contributed by atoms with Gasteiger partial charge in [-0.3, -0.25) is 14.4 Å². The third-order valence-corrected chi connectivity index (χ3v) is 10.3. The van der Waals surface area contributed by atoms with Gasteiger partial charge in [-0.1, -0.05) is 45.6 Å². The molecule has 9 atom stereocenters. The number of rotatable bonds is 13. The normalized spacial score (nSPS) is 35.5. The van der Waals surface area contributed by atoms with E-state index < -0.39 is 77.2 Å². The van der Waals surface area contributed by atoms with Crippen molar-refractivity contribution in [3.63, 3.8) is 0 Å². The number of aliphatic imine (C=N–C) groups is 1. The van der Waals surface area contributed by atoms with Gasteiger partial charge in [0.05, 0.1) is 5.92 Å². The molecule has 2 aliphatic carbocycles. The highest BCUT2D eigenvalue weighted by Gasteiger charge is 2.77. The van der Waals surface area contributed by atoms with Gasteiger partial charge in [0.2, 0.25) is 0 Å². The Labute approximate surface area is 283 Å². The Hall–Kier alpha value is -3.25. The molecule has 1 N–H and O–H groups in total. The third-order valence-electron chi connectivity index (χ3n) is 10.3. The maximum absolute atomic E-state index is 13.5. The topological polar surface area (TPSA) is 156 Å². The fourth-order valence-electron chi connectivity index (χ4n) is 7.79. The van der Waals surface area contributed by atoms with E-state index in [4.69, 9.17) is 28.4 Å². The molecule has 1 saturated carbocycles. The molecule has 2 fully saturated rings. The second-order valence-electron chi connectivity index (χ2n) is 13.9. The zero-order valence-corrected chi connectivity index (χ0v) is 29.9. The number of nitrogens with zero attached hydrogens (tertiary/aromatic N) is 1. The lowest BCUT2D eigenvalue weighted by molar-refractivity contribution is -0.209. The quantitative estimate of drug-likeness (QED) is 0.0902. The predicted octanol–water partition coefficient (Wildman–Crippen LogP) is 5.18. The summed E-state index contributed by atoms with van der Waals surface area (Å²) in [6, 6.07) is 0. The van der Waals surface area contributed by atoms with E-state index in [1.165, 1.54) is 6.92 Å². The number of aliphatic hydroxyl groups is 1. The number of hydrogen-bond donors (Lipinski definition) is 1. The molecule has 0 bridgehead atoms. The van der Waals surface area contributed by atoms with Crippen LogP contribution in [0.25, 0.3) is 0 Å². The summed E-state index contributed by atoms with van der Waals surface area (Å²) in [5, 5.41) is 13.0. The fourth-order valence-corrected chi connectivity index (χ4v) is 7.79. The third kappa shape index (κ3) is 6.79. The highest BCUT2D eigenvalue weighted by Crippen LogP contribution is 2.60. The zero-order valence-electron chi connectivity index (χ0n) is 29.9. The van der Waals surface area contributed by atoms with Gasteiger partial charge in [0.1, 0.15) is 17.8 Å². The van der Waals surface area contributed by atoms with E-state index in [0.717, 1.165) is 25.7 Å². The summed E-state index contributed by atoms with van der Waals surface area (Å²) in [6.07, 6.45) is 0.995. The van der Waals surface area contributed by atoms with Gasteiger partial charge in [-0.05, 0) is 58.6 Å². The minimum atomic E-state index is -2.05. The number of carbonyl (C=O) groups excluding carboxylic acids is 4. The van der Waals surface area contributed by atoms with E-state index in [1.54, 1.807) is 47.6 Å². The van der Waals surface area contributed by atoms with Gasteiger partial charge in [-0.2, -0.15) is 0 Å². The molecule has 12 heteroatoms. The average Bonchev–Trinajstić information content (AvgIpc) is 3.51. The molecule has 268 valence electrons. The number of ether oxygens (including phenoxy) is 6. The van der Waals surface area contributed by atoms with E-state index in [9.17, 15) is 24.3 Å². The molecule has 0 radical (unpaired) electrons. The van der Waals surface area contributed by atoms with Crippen molar-refractivity contribution in [3.8, 4) is 0 Å². The van der Waals surface area contributed by atoms with Crippen molar-refractivity contribution in [1.29, 1.82) is 0 Å². The predicted molar refractivity (Wildman–Crippen MR) is 175 cm³/mol. The van der Waals surface area contributed by atoms with Crippen LogP contribution in [0.3, 0.4) is 0 Å². The Morgan fingerprint density at radius 1 is 0.958 bits per heavy atom. The Morgan fingerprint density at radius 3 is 2.25 bits per heavy atom. The monoisotopic (exact) mass is 675 g/mol. The Kier molecular flexibility index (Phi) is 11.5. The molecule has 0 aromatic heterocycles. The molecule has 4 rings (SSSR count). The molecule has 1 saturated heterocycles. The highest BCUT2D eigenvalue weighted by atomic mass is 16.6. The van der Waals surface area contributed by atoms with Gasteiger partial charge in [0.25, 0.3) is 0 Å². The van der Waals surface area contributed by atoms with Gasteiger partial charge in [0.15, 0.2) is 35.5 Å². The molecule has 4 aliphatic rings. The minimum Gasteiger partial charge on any atom is -0.467 e. The van der Waals surface area contributed by atoms with Crippen LogP contribution in [0.4, 0.5) is 0 Å². The SMILES string of the molecule is C/C=C(/C)C(=O)O[C@H]1C(C)=C2[C@H]([C@@H]1OC(=O)CCCCCCC)[C@@](C)(OC(C)=O)C[C@H](OC(=O)CCC)[C@@]1(O)[C@H]2O[C@H]2N=C(C)O[C@]21C. The second-order valence-corrected chi connectivity index (χ2v) is 13.9. The number of carbonyl (C=O) groups is 4. The molecule has 0 aromatic carbocycles. The van der Waals surface area contributed by atoms with Crippen molar-refractivity contribution in [1.82, 2.24) is 0 Å². The zero-order chi connectivity index (χ0) is 35.6. The first-order chi connectivity index (χ1) is 22.6.